The van der Waals surface area contributed by atoms with Crippen LogP contribution in [-0.2, 0) is 27.4 Å². The van der Waals surface area contributed by atoms with Crippen LogP contribution in [0.15, 0.2) is 82.8 Å². The second-order valence-electron chi connectivity index (χ2n) is 7.97. The Labute approximate surface area is 218 Å². The van der Waals surface area contributed by atoms with E-state index in [1.165, 1.54) is 50.6 Å². The molecule has 0 aromatic heterocycles. The summed E-state index contributed by atoms with van der Waals surface area (Å²) in [4.78, 5) is 12.5. The summed E-state index contributed by atoms with van der Waals surface area (Å²) in [7, 11) is -1.41. The minimum absolute atomic E-state index is 0.0469. The third-order valence-electron chi connectivity index (χ3n) is 5.46. The van der Waals surface area contributed by atoms with Crippen molar-refractivity contribution in [3.05, 3.63) is 89.5 Å². The van der Waals surface area contributed by atoms with Crippen LogP contribution in [0.25, 0.3) is 0 Å². The fourth-order valence-electron chi connectivity index (χ4n) is 3.55. The number of halogens is 3. The van der Waals surface area contributed by atoms with Crippen molar-refractivity contribution in [1.29, 1.82) is 0 Å². The fourth-order valence-corrected chi connectivity index (χ4v) is 4.96. The van der Waals surface area contributed by atoms with E-state index in [2.05, 4.69) is 10.5 Å². The summed E-state index contributed by atoms with van der Waals surface area (Å²) in [6.45, 7) is -0.670. The summed E-state index contributed by atoms with van der Waals surface area (Å²) < 4.78 is 77.9. The van der Waals surface area contributed by atoms with Crippen molar-refractivity contribution in [2.45, 2.75) is 17.5 Å². The van der Waals surface area contributed by atoms with Gasteiger partial charge in [0, 0.05) is 18.2 Å². The van der Waals surface area contributed by atoms with Crippen molar-refractivity contribution >= 4 is 22.1 Å². The lowest BCUT2D eigenvalue weighted by Crippen LogP contribution is -2.40. The molecule has 12 heteroatoms. The summed E-state index contributed by atoms with van der Waals surface area (Å²) in [6, 6.07) is 17.9. The molecule has 0 heterocycles. The predicted molar refractivity (Wildman–Crippen MR) is 136 cm³/mol. The highest BCUT2D eigenvalue weighted by molar-refractivity contribution is 7.89. The van der Waals surface area contributed by atoms with Gasteiger partial charge < -0.3 is 9.47 Å². The summed E-state index contributed by atoms with van der Waals surface area (Å²) in [5.41, 5.74) is 1.80. The molecular formula is C26H26F3N3O5S. The second kappa shape index (κ2) is 12.6. The molecule has 3 rings (SSSR count). The topological polar surface area (TPSA) is 97.3 Å². The first-order valence-corrected chi connectivity index (χ1v) is 12.7. The van der Waals surface area contributed by atoms with Gasteiger partial charge in [0.1, 0.15) is 0 Å². The molecule has 0 radical (unpaired) electrons. The Morgan fingerprint density at radius 2 is 1.63 bits per heavy atom. The van der Waals surface area contributed by atoms with Gasteiger partial charge in [0.05, 0.1) is 37.4 Å². The van der Waals surface area contributed by atoms with Gasteiger partial charge in [-0.25, -0.2) is 13.8 Å². The number of hydrogen-bond donors (Lipinski definition) is 1. The molecule has 1 amide bonds. The highest BCUT2D eigenvalue weighted by atomic mass is 32.2. The first kappa shape index (κ1) is 28.7. The number of hydrogen-bond acceptors (Lipinski definition) is 6. The average Bonchev–Trinajstić information content (AvgIpc) is 2.90. The van der Waals surface area contributed by atoms with E-state index in [0.29, 0.717) is 12.2 Å². The Kier molecular flexibility index (Phi) is 9.48. The second-order valence-corrected chi connectivity index (χ2v) is 9.91. The molecule has 0 aliphatic carbocycles. The van der Waals surface area contributed by atoms with Gasteiger partial charge >= 0.3 is 6.18 Å². The zero-order valence-electron chi connectivity index (χ0n) is 20.6. The van der Waals surface area contributed by atoms with Crippen LogP contribution in [0.5, 0.6) is 11.5 Å². The maximum atomic E-state index is 13.5. The molecule has 0 aliphatic rings. The number of nitrogens with zero attached hydrogens (tertiary/aromatic N) is 2. The van der Waals surface area contributed by atoms with E-state index in [0.717, 1.165) is 22.1 Å². The maximum Gasteiger partial charge on any atom is 0.417 e. The van der Waals surface area contributed by atoms with Crippen LogP contribution in [-0.4, -0.2) is 52.2 Å². The van der Waals surface area contributed by atoms with Crippen LogP contribution in [0.3, 0.4) is 0 Å². The zero-order chi connectivity index (χ0) is 27.8. The molecule has 0 unspecified atom stereocenters. The average molecular weight is 550 g/mol. The van der Waals surface area contributed by atoms with Crippen LogP contribution < -0.4 is 14.9 Å². The van der Waals surface area contributed by atoms with Gasteiger partial charge in [-0.15, -0.1) is 0 Å². The van der Waals surface area contributed by atoms with Crippen LogP contribution in [0.1, 0.15) is 16.7 Å². The van der Waals surface area contributed by atoms with E-state index in [9.17, 15) is 26.4 Å². The highest BCUT2D eigenvalue weighted by Gasteiger charge is 2.32. The molecule has 3 aromatic carbocycles. The van der Waals surface area contributed by atoms with Gasteiger partial charge in [0.2, 0.25) is 10.0 Å². The molecule has 0 atom stereocenters. The predicted octanol–water partition coefficient (Wildman–Crippen LogP) is 4.11. The number of nitrogens with one attached hydrogen (secondary N) is 1. The number of alkyl halides is 3. The van der Waals surface area contributed by atoms with Gasteiger partial charge in [-0.1, -0.05) is 48.5 Å². The molecular weight excluding hydrogens is 523 g/mol. The largest absolute Gasteiger partial charge is 0.493 e. The summed E-state index contributed by atoms with van der Waals surface area (Å²) >= 11 is 0. The Balaban J connectivity index is 1.82. The Morgan fingerprint density at radius 1 is 0.974 bits per heavy atom. The third-order valence-corrected chi connectivity index (χ3v) is 7.31. The van der Waals surface area contributed by atoms with Crippen molar-refractivity contribution < 1.29 is 35.9 Å². The van der Waals surface area contributed by atoms with Crippen molar-refractivity contribution in [3.63, 3.8) is 0 Å². The normalized spacial score (nSPS) is 12.1. The molecule has 0 fully saturated rings. The number of methoxy groups -OCH3 is 2. The lowest BCUT2D eigenvalue weighted by atomic mass is 10.1. The van der Waals surface area contributed by atoms with Gasteiger partial charge in [-0.3, -0.25) is 4.79 Å². The summed E-state index contributed by atoms with van der Waals surface area (Å²) in [5.74, 6) is -0.315. The number of carbonyl (C=O) groups is 1. The molecule has 8 nitrogen and oxygen atoms in total. The Hall–Kier alpha value is -3.90. The number of benzene rings is 3. The lowest BCUT2D eigenvalue weighted by Gasteiger charge is -2.22. The molecule has 0 aliphatic heterocycles. The van der Waals surface area contributed by atoms with Crippen molar-refractivity contribution in [2.75, 3.05) is 27.3 Å². The maximum absolute atomic E-state index is 13.5. The monoisotopic (exact) mass is 549 g/mol. The number of ether oxygens (including phenoxy) is 2. The number of sulfonamides is 1. The lowest BCUT2D eigenvalue weighted by molar-refractivity contribution is -0.137. The summed E-state index contributed by atoms with van der Waals surface area (Å²) in [6.07, 6.45) is -3.44. The van der Waals surface area contributed by atoms with E-state index in [-0.39, 0.29) is 22.8 Å². The molecule has 3 aromatic rings. The molecule has 1 N–H and O–H groups in total. The van der Waals surface area contributed by atoms with Crippen LogP contribution >= 0.6 is 0 Å². The quantitative estimate of drug-likeness (QED) is 0.287. The summed E-state index contributed by atoms with van der Waals surface area (Å²) in [5, 5.41) is 3.61. The molecule has 0 saturated carbocycles. The highest BCUT2D eigenvalue weighted by Crippen LogP contribution is 2.32. The number of amides is 1. The van der Waals surface area contributed by atoms with Crippen molar-refractivity contribution in [1.82, 2.24) is 9.73 Å². The van der Waals surface area contributed by atoms with Gasteiger partial charge in [-0.2, -0.15) is 22.6 Å². The number of hydrazone groups is 1. The van der Waals surface area contributed by atoms with Crippen molar-refractivity contribution in [2.24, 2.45) is 5.10 Å². The standard InChI is InChI=1S/C26H26F3N3O5S/c1-36-23-13-12-21(16-24(23)37-2)38(34,35)32(15-14-19-8-4-3-5-9-19)18-25(33)31-30-17-20-10-6-7-11-22(20)26(27,28)29/h3-13,16-17H,14-15,18H2,1-2H3,(H,31,33)/b30-17-. The molecule has 0 spiro atoms. The zero-order valence-corrected chi connectivity index (χ0v) is 21.4. The van der Waals surface area contributed by atoms with E-state index in [4.69, 9.17) is 9.47 Å². The van der Waals surface area contributed by atoms with E-state index in [1.807, 2.05) is 30.3 Å². The first-order chi connectivity index (χ1) is 18.1. The van der Waals surface area contributed by atoms with Crippen LogP contribution in [0.2, 0.25) is 0 Å². The van der Waals surface area contributed by atoms with Gasteiger partial charge in [0.25, 0.3) is 5.91 Å². The first-order valence-electron chi connectivity index (χ1n) is 11.3. The van der Waals surface area contributed by atoms with E-state index in [1.54, 1.807) is 0 Å². The molecule has 202 valence electrons. The van der Waals surface area contributed by atoms with Gasteiger partial charge in [-0.05, 0) is 30.2 Å². The number of carbonyl (C=O) groups excluding carboxylic acids is 1. The van der Waals surface area contributed by atoms with Crippen molar-refractivity contribution in [3.8, 4) is 11.5 Å². The minimum atomic E-state index is -4.60. The van der Waals surface area contributed by atoms with Gasteiger partial charge in [0.15, 0.2) is 11.5 Å². The Morgan fingerprint density at radius 3 is 2.29 bits per heavy atom. The van der Waals surface area contributed by atoms with Crippen LogP contribution in [0.4, 0.5) is 13.2 Å². The molecule has 38 heavy (non-hydrogen) atoms. The molecule has 0 bridgehead atoms. The van der Waals surface area contributed by atoms with E-state index >= 15 is 0 Å². The third kappa shape index (κ3) is 7.33. The minimum Gasteiger partial charge on any atom is -0.493 e. The number of rotatable bonds is 11. The Bertz CT molecular complexity index is 1380. The fraction of sp³-hybridized carbons (Fsp3) is 0.231. The smallest absolute Gasteiger partial charge is 0.417 e. The van der Waals surface area contributed by atoms with E-state index < -0.39 is 34.2 Å². The molecule has 0 saturated heterocycles. The van der Waals surface area contributed by atoms with Crippen LogP contribution in [0, 0.1) is 0 Å². The SMILES string of the molecule is COc1ccc(S(=O)(=O)N(CCc2ccccc2)CC(=O)N/N=C\c2ccccc2C(F)(F)F)cc1OC.